The second-order valence-corrected chi connectivity index (χ2v) is 7.04. The first kappa shape index (κ1) is 22.9. The molecule has 154 valence electrons. The zero-order valence-corrected chi connectivity index (χ0v) is 18.2. The van der Waals surface area contributed by atoms with Gasteiger partial charge in [-0.25, -0.2) is 0 Å². The predicted molar refractivity (Wildman–Crippen MR) is 126 cm³/mol. The van der Waals surface area contributed by atoms with E-state index in [0.717, 1.165) is 15.5 Å². The summed E-state index contributed by atoms with van der Waals surface area (Å²) in [5.74, 6) is -0.130. The maximum atomic E-state index is 12.0. The first-order valence-corrected chi connectivity index (χ1v) is 10.5. The van der Waals surface area contributed by atoms with Crippen molar-refractivity contribution in [1.29, 1.82) is 5.41 Å². The van der Waals surface area contributed by atoms with Gasteiger partial charge in [0.15, 0.2) is 0 Å². The van der Waals surface area contributed by atoms with Crippen LogP contribution in [0.25, 0.3) is 6.08 Å². The van der Waals surface area contributed by atoms with Crippen LogP contribution in [0.1, 0.15) is 35.5 Å². The monoisotopic (exact) mass is 418 g/mol. The van der Waals surface area contributed by atoms with E-state index in [0.29, 0.717) is 22.5 Å². The van der Waals surface area contributed by atoms with Gasteiger partial charge in [0.1, 0.15) is 0 Å². The second kappa shape index (κ2) is 11.6. The molecule has 0 bridgehead atoms. The highest BCUT2D eigenvalue weighted by Crippen LogP contribution is 2.32. The number of carbonyl (C=O) groups excluding carboxylic acids is 1. The summed E-state index contributed by atoms with van der Waals surface area (Å²) in [5.41, 5.74) is 9.05. The first-order chi connectivity index (χ1) is 14.6. The van der Waals surface area contributed by atoms with Gasteiger partial charge in [0, 0.05) is 34.3 Å². The first-order valence-electron chi connectivity index (χ1n) is 9.65. The lowest BCUT2D eigenvalue weighted by Crippen LogP contribution is -2.18. The number of pyridine rings is 1. The minimum Gasteiger partial charge on any atom is -0.398 e. The number of anilines is 1. The minimum absolute atomic E-state index is 0.130. The third-order valence-corrected chi connectivity index (χ3v) is 5.07. The van der Waals surface area contributed by atoms with E-state index in [9.17, 15) is 4.79 Å². The van der Waals surface area contributed by atoms with Crippen LogP contribution in [-0.4, -0.2) is 23.7 Å². The molecule has 1 heterocycles. The van der Waals surface area contributed by atoms with E-state index < -0.39 is 0 Å². The van der Waals surface area contributed by atoms with Gasteiger partial charge in [0.05, 0.1) is 17.0 Å². The molecule has 6 heteroatoms. The molecule has 0 saturated carbocycles. The van der Waals surface area contributed by atoms with Crippen LogP contribution in [-0.2, 0) is 0 Å². The Hall–Kier alpha value is -3.38. The average Bonchev–Trinajstić information content (AvgIpc) is 2.79. The molecule has 0 radical (unpaired) electrons. The van der Waals surface area contributed by atoms with E-state index in [2.05, 4.69) is 10.3 Å². The average molecular weight is 419 g/mol. The van der Waals surface area contributed by atoms with E-state index in [4.69, 9.17) is 11.1 Å². The molecule has 0 saturated heterocycles. The summed E-state index contributed by atoms with van der Waals surface area (Å²) in [4.78, 5) is 18.0. The van der Waals surface area contributed by atoms with Gasteiger partial charge in [-0.3, -0.25) is 9.78 Å². The summed E-state index contributed by atoms with van der Waals surface area (Å²) in [6, 6.07) is 18.6. The fourth-order valence-corrected chi connectivity index (χ4v) is 3.58. The number of amides is 1. The van der Waals surface area contributed by atoms with Crippen LogP contribution in [0.3, 0.4) is 0 Å². The quantitative estimate of drug-likeness (QED) is 0.375. The Morgan fingerprint density at radius 3 is 2.47 bits per heavy atom. The SMILES string of the molecule is CC.CNC(=O)c1ccccc1Sc1ccc(C(=N)/C=C/c2ccccn2)c(N)c1. The molecule has 0 aliphatic carbocycles. The van der Waals surface area contributed by atoms with Gasteiger partial charge in [-0.05, 0) is 54.6 Å². The van der Waals surface area contributed by atoms with Gasteiger partial charge in [0.2, 0.25) is 0 Å². The normalized spacial score (nSPS) is 10.2. The predicted octanol–water partition coefficient (Wildman–Crippen LogP) is 5.28. The number of allylic oxidation sites excluding steroid dienone is 1. The summed E-state index contributed by atoms with van der Waals surface area (Å²) in [6.07, 6.45) is 5.17. The number of hydrogen-bond donors (Lipinski definition) is 3. The lowest BCUT2D eigenvalue weighted by Gasteiger charge is -2.10. The van der Waals surface area contributed by atoms with Crippen molar-refractivity contribution in [2.24, 2.45) is 0 Å². The van der Waals surface area contributed by atoms with E-state index >= 15 is 0 Å². The van der Waals surface area contributed by atoms with Gasteiger partial charge in [-0.2, -0.15) is 0 Å². The number of carbonyl (C=O) groups is 1. The molecule has 0 aliphatic heterocycles. The van der Waals surface area contributed by atoms with Gasteiger partial charge in [-0.1, -0.05) is 43.8 Å². The molecule has 0 spiro atoms. The number of nitrogen functional groups attached to an aromatic ring is 1. The molecular weight excluding hydrogens is 392 g/mol. The Labute approximate surface area is 181 Å². The molecule has 1 amide bonds. The van der Waals surface area contributed by atoms with Crippen molar-refractivity contribution in [3.63, 3.8) is 0 Å². The smallest absolute Gasteiger partial charge is 0.252 e. The largest absolute Gasteiger partial charge is 0.398 e. The highest BCUT2D eigenvalue weighted by Gasteiger charge is 2.11. The van der Waals surface area contributed by atoms with Crippen LogP contribution in [0.5, 0.6) is 0 Å². The number of nitrogens with zero attached hydrogens (tertiary/aromatic N) is 1. The molecule has 0 aliphatic rings. The van der Waals surface area contributed by atoms with Crippen molar-refractivity contribution >= 4 is 35.1 Å². The molecule has 5 nitrogen and oxygen atoms in total. The number of rotatable bonds is 6. The molecular formula is C24H26N4OS. The molecule has 0 atom stereocenters. The Kier molecular flexibility index (Phi) is 8.84. The molecule has 2 aromatic carbocycles. The fraction of sp³-hybridized carbons (Fsp3) is 0.125. The van der Waals surface area contributed by atoms with E-state index in [1.165, 1.54) is 11.8 Å². The van der Waals surface area contributed by atoms with Gasteiger partial charge < -0.3 is 16.5 Å². The van der Waals surface area contributed by atoms with Crippen molar-refractivity contribution in [3.8, 4) is 0 Å². The minimum atomic E-state index is -0.130. The Balaban J connectivity index is 0.00000155. The lowest BCUT2D eigenvalue weighted by molar-refractivity contribution is 0.0960. The molecule has 30 heavy (non-hydrogen) atoms. The van der Waals surface area contributed by atoms with Crippen molar-refractivity contribution in [1.82, 2.24) is 10.3 Å². The van der Waals surface area contributed by atoms with Gasteiger partial charge in [-0.15, -0.1) is 0 Å². The van der Waals surface area contributed by atoms with Crippen molar-refractivity contribution in [2.75, 3.05) is 12.8 Å². The lowest BCUT2D eigenvalue weighted by atomic mass is 10.1. The summed E-state index contributed by atoms with van der Waals surface area (Å²) >= 11 is 1.46. The zero-order valence-electron chi connectivity index (χ0n) is 17.3. The summed E-state index contributed by atoms with van der Waals surface area (Å²) < 4.78 is 0. The standard InChI is InChI=1S/C22H20N4OS.C2H6/c1-25-22(27)18-7-2-3-8-21(18)28-16-10-11-17(20(24)14-16)19(23)12-9-15-6-4-5-13-26-15;1-2/h2-14,23H,24H2,1H3,(H,25,27);1-2H3/b12-9+,23-19?;. The maximum absolute atomic E-state index is 12.0. The third-order valence-electron chi connectivity index (χ3n) is 4.01. The number of nitrogens with two attached hydrogens (primary N) is 1. The van der Waals surface area contributed by atoms with Crippen LogP contribution in [0.2, 0.25) is 0 Å². The Morgan fingerprint density at radius 1 is 1.07 bits per heavy atom. The van der Waals surface area contributed by atoms with E-state index in [1.54, 1.807) is 31.5 Å². The molecule has 3 rings (SSSR count). The zero-order chi connectivity index (χ0) is 21.9. The summed E-state index contributed by atoms with van der Waals surface area (Å²) in [5, 5.41) is 10.9. The highest BCUT2D eigenvalue weighted by molar-refractivity contribution is 7.99. The number of hydrogen-bond acceptors (Lipinski definition) is 5. The molecule has 3 aromatic rings. The Bertz CT molecular complexity index is 1030. The summed E-state index contributed by atoms with van der Waals surface area (Å²) in [7, 11) is 1.61. The van der Waals surface area contributed by atoms with Gasteiger partial charge >= 0.3 is 0 Å². The van der Waals surface area contributed by atoms with Crippen LogP contribution in [0.4, 0.5) is 5.69 Å². The number of benzene rings is 2. The molecule has 0 unspecified atom stereocenters. The van der Waals surface area contributed by atoms with Crippen LogP contribution in [0, 0.1) is 5.41 Å². The van der Waals surface area contributed by atoms with Crippen molar-refractivity contribution < 1.29 is 4.79 Å². The number of aromatic nitrogens is 1. The summed E-state index contributed by atoms with van der Waals surface area (Å²) in [6.45, 7) is 4.00. The van der Waals surface area contributed by atoms with E-state index in [-0.39, 0.29) is 5.91 Å². The topological polar surface area (TPSA) is 91.9 Å². The second-order valence-electron chi connectivity index (χ2n) is 5.93. The highest BCUT2D eigenvalue weighted by atomic mass is 32.2. The molecule has 1 aromatic heterocycles. The van der Waals surface area contributed by atoms with Crippen molar-refractivity contribution in [3.05, 3.63) is 89.8 Å². The third kappa shape index (κ3) is 6.06. The van der Waals surface area contributed by atoms with Gasteiger partial charge in [0.25, 0.3) is 5.91 Å². The van der Waals surface area contributed by atoms with Crippen LogP contribution >= 0.6 is 11.8 Å². The van der Waals surface area contributed by atoms with E-state index in [1.807, 2.05) is 68.4 Å². The molecule has 0 fully saturated rings. The number of nitrogens with one attached hydrogen (secondary N) is 2. The van der Waals surface area contributed by atoms with Crippen molar-refractivity contribution in [2.45, 2.75) is 23.6 Å². The fourth-order valence-electron chi connectivity index (χ4n) is 2.59. The maximum Gasteiger partial charge on any atom is 0.252 e. The van der Waals surface area contributed by atoms with Crippen LogP contribution in [0.15, 0.2) is 82.7 Å². The van der Waals surface area contributed by atoms with Crippen LogP contribution < -0.4 is 11.1 Å². The Morgan fingerprint density at radius 2 is 1.80 bits per heavy atom. The molecule has 4 N–H and O–H groups in total.